The summed E-state index contributed by atoms with van der Waals surface area (Å²) in [6.07, 6.45) is 2.18. The van der Waals surface area contributed by atoms with E-state index in [9.17, 15) is 0 Å². The van der Waals surface area contributed by atoms with Gasteiger partial charge in [0.15, 0.2) is 0 Å². The summed E-state index contributed by atoms with van der Waals surface area (Å²) in [4.78, 5) is 4.71. The number of hydrogen-bond acceptors (Lipinski definition) is 1. The molecule has 0 spiro atoms. The van der Waals surface area contributed by atoms with E-state index in [1.807, 2.05) is 6.07 Å². The van der Waals surface area contributed by atoms with Crippen molar-refractivity contribution in [1.29, 1.82) is 0 Å². The van der Waals surface area contributed by atoms with E-state index in [0.717, 1.165) is 40.6 Å². The predicted molar refractivity (Wildman–Crippen MR) is 79.1 cm³/mol. The molecule has 2 atom stereocenters. The molecule has 1 saturated carbocycles. The largest absolute Gasteiger partial charge is 0.328 e. The Hall–Kier alpha value is -0.540. The highest BCUT2D eigenvalue weighted by Gasteiger charge is 2.33. The highest BCUT2D eigenvalue weighted by atomic mass is 79.9. The zero-order chi connectivity index (χ0) is 12.7. The van der Waals surface area contributed by atoms with Crippen LogP contribution in [-0.2, 0) is 13.0 Å². The third-order valence-electron chi connectivity index (χ3n) is 3.80. The Labute approximate surface area is 120 Å². The van der Waals surface area contributed by atoms with Gasteiger partial charge in [-0.2, -0.15) is 0 Å². The number of halogens is 2. The minimum absolute atomic E-state index is 0.630. The molecule has 1 fully saturated rings. The second-order valence-corrected chi connectivity index (χ2v) is 6.48. The average Bonchev–Trinajstić information content (AvgIpc) is 2.93. The molecule has 0 amide bonds. The van der Waals surface area contributed by atoms with Gasteiger partial charge in [0.25, 0.3) is 0 Å². The summed E-state index contributed by atoms with van der Waals surface area (Å²) in [5.74, 6) is 3.43. The fourth-order valence-electron chi connectivity index (χ4n) is 2.51. The molecular formula is C14H16BrClN2. The Balaban J connectivity index is 2.04. The quantitative estimate of drug-likeness (QED) is 0.768. The molecule has 1 aliphatic rings. The lowest BCUT2D eigenvalue weighted by Crippen LogP contribution is -2.06. The molecule has 0 N–H and O–H groups in total. The maximum Gasteiger partial charge on any atom is 0.111 e. The van der Waals surface area contributed by atoms with Crippen LogP contribution in [0, 0.1) is 11.8 Å². The molecule has 0 aliphatic heterocycles. The van der Waals surface area contributed by atoms with Gasteiger partial charge in [-0.3, -0.25) is 0 Å². The molecule has 0 saturated heterocycles. The van der Waals surface area contributed by atoms with Crippen molar-refractivity contribution in [3.8, 4) is 0 Å². The van der Waals surface area contributed by atoms with E-state index >= 15 is 0 Å². The minimum atomic E-state index is 0.630. The SMILES string of the molecule is CC1CC1Cn1c(CCCl)nc2ccc(Br)cc21. The Morgan fingerprint density at radius 2 is 2.28 bits per heavy atom. The topological polar surface area (TPSA) is 17.8 Å². The number of aryl methyl sites for hydroxylation is 1. The van der Waals surface area contributed by atoms with Crippen LogP contribution >= 0.6 is 27.5 Å². The molecule has 0 bridgehead atoms. The second kappa shape index (κ2) is 4.86. The van der Waals surface area contributed by atoms with Gasteiger partial charge in [-0.15, -0.1) is 11.6 Å². The van der Waals surface area contributed by atoms with Crippen LogP contribution in [0.5, 0.6) is 0 Å². The maximum atomic E-state index is 5.89. The Morgan fingerprint density at radius 1 is 1.50 bits per heavy atom. The third-order valence-corrected chi connectivity index (χ3v) is 4.48. The molecule has 0 radical (unpaired) electrons. The number of aromatic nitrogens is 2. The summed E-state index contributed by atoms with van der Waals surface area (Å²) in [5.41, 5.74) is 2.30. The summed E-state index contributed by atoms with van der Waals surface area (Å²) in [5, 5.41) is 0. The van der Waals surface area contributed by atoms with E-state index in [0.29, 0.717) is 5.88 Å². The standard InChI is InChI=1S/C14H16BrClN2/c1-9-6-10(9)8-18-13-7-11(15)2-3-12(13)17-14(18)4-5-16/h2-3,7,9-10H,4-6,8H2,1H3. The van der Waals surface area contributed by atoms with Gasteiger partial charge in [0.2, 0.25) is 0 Å². The fourth-order valence-corrected chi connectivity index (χ4v) is 3.03. The summed E-state index contributed by atoms with van der Waals surface area (Å²) in [6, 6.07) is 6.28. The Kier molecular flexibility index (Phi) is 3.37. The van der Waals surface area contributed by atoms with Crippen molar-refractivity contribution in [3.05, 3.63) is 28.5 Å². The van der Waals surface area contributed by atoms with Crippen LogP contribution < -0.4 is 0 Å². The van der Waals surface area contributed by atoms with Crippen molar-refractivity contribution in [2.45, 2.75) is 26.3 Å². The number of rotatable bonds is 4. The maximum absolute atomic E-state index is 5.89. The summed E-state index contributed by atoms with van der Waals surface area (Å²) in [7, 11) is 0. The van der Waals surface area contributed by atoms with Gasteiger partial charge in [0.1, 0.15) is 5.82 Å². The van der Waals surface area contributed by atoms with Gasteiger partial charge >= 0.3 is 0 Å². The van der Waals surface area contributed by atoms with Crippen molar-refractivity contribution >= 4 is 38.6 Å². The minimum Gasteiger partial charge on any atom is -0.328 e. The zero-order valence-electron chi connectivity index (χ0n) is 10.4. The summed E-state index contributed by atoms with van der Waals surface area (Å²) < 4.78 is 3.47. The molecule has 2 aromatic rings. The van der Waals surface area contributed by atoms with E-state index in [2.05, 4.69) is 39.6 Å². The van der Waals surface area contributed by atoms with Crippen molar-refractivity contribution in [3.63, 3.8) is 0 Å². The molecular weight excluding hydrogens is 312 g/mol. The molecule has 1 aromatic heterocycles. The molecule has 1 aromatic carbocycles. The molecule has 18 heavy (non-hydrogen) atoms. The normalized spacial score (nSPS) is 22.6. The van der Waals surface area contributed by atoms with Crippen LogP contribution in [0.25, 0.3) is 11.0 Å². The second-order valence-electron chi connectivity index (χ2n) is 5.18. The van der Waals surface area contributed by atoms with Crippen LogP contribution in [0.3, 0.4) is 0 Å². The van der Waals surface area contributed by atoms with Crippen molar-refractivity contribution < 1.29 is 0 Å². The van der Waals surface area contributed by atoms with E-state index in [-0.39, 0.29) is 0 Å². The van der Waals surface area contributed by atoms with E-state index in [1.165, 1.54) is 11.9 Å². The predicted octanol–water partition coefficient (Wildman–Crippen LogP) is 4.24. The van der Waals surface area contributed by atoms with Gasteiger partial charge in [-0.25, -0.2) is 4.98 Å². The van der Waals surface area contributed by atoms with Crippen molar-refractivity contribution in [2.24, 2.45) is 11.8 Å². The molecule has 2 nitrogen and oxygen atoms in total. The van der Waals surface area contributed by atoms with Gasteiger partial charge in [0, 0.05) is 23.3 Å². The molecule has 4 heteroatoms. The van der Waals surface area contributed by atoms with Crippen LogP contribution in [0.4, 0.5) is 0 Å². The monoisotopic (exact) mass is 326 g/mol. The van der Waals surface area contributed by atoms with Crippen LogP contribution in [0.2, 0.25) is 0 Å². The number of imidazole rings is 1. The van der Waals surface area contributed by atoms with Gasteiger partial charge in [-0.1, -0.05) is 22.9 Å². The lowest BCUT2D eigenvalue weighted by atomic mass is 10.3. The van der Waals surface area contributed by atoms with Crippen LogP contribution in [0.15, 0.2) is 22.7 Å². The number of alkyl halides is 1. The number of benzene rings is 1. The first-order chi connectivity index (χ1) is 8.69. The highest BCUT2D eigenvalue weighted by Crippen LogP contribution is 2.40. The molecule has 96 valence electrons. The Bertz CT molecular complexity index is 578. The first kappa shape index (κ1) is 12.5. The molecule has 1 aliphatic carbocycles. The Morgan fingerprint density at radius 3 is 2.94 bits per heavy atom. The molecule has 3 rings (SSSR count). The number of fused-ring (bicyclic) bond motifs is 1. The smallest absolute Gasteiger partial charge is 0.111 e. The number of hydrogen-bond donors (Lipinski definition) is 0. The molecule has 2 unspecified atom stereocenters. The van der Waals surface area contributed by atoms with Gasteiger partial charge in [-0.05, 0) is 36.5 Å². The average molecular weight is 328 g/mol. The van der Waals surface area contributed by atoms with Crippen molar-refractivity contribution in [1.82, 2.24) is 9.55 Å². The summed E-state index contributed by atoms with van der Waals surface area (Å²) >= 11 is 9.43. The third kappa shape index (κ3) is 2.30. The highest BCUT2D eigenvalue weighted by molar-refractivity contribution is 9.10. The van der Waals surface area contributed by atoms with Gasteiger partial charge < -0.3 is 4.57 Å². The zero-order valence-corrected chi connectivity index (χ0v) is 12.7. The molecule has 1 heterocycles. The fraction of sp³-hybridized carbons (Fsp3) is 0.500. The summed E-state index contributed by atoms with van der Waals surface area (Å²) in [6.45, 7) is 3.40. The van der Waals surface area contributed by atoms with Crippen LogP contribution in [0.1, 0.15) is 19.2 Å². The number of nitrogens with zero attached hydrogens (tertiary/aromatic N) is 2. The lowest BCUT2D eigenvalue weighted by molar-refractivity contribution is 0.585. The van der Waals surface area contributed by atoms with E-state index in [1.54, 1.807) is 0 Å². The van der Waals surface area contributed by atoms with Crippen LogP contribution in [-0.4, -0.2) is 15.4 Å². The lowest BCUT2D eigenvalue weighted by Gasteiger charge is -2.08. The van der Waals surface area contributed by atoms with Crippen molar-refractivity contribution in [2.75, 3.05) is 5.88 Å². The first-order valence-corrected chi connectivity index (χ1v) is 7.72. The van der Waals surface area contributed by atoms with E-state index in [4.69, 9.17) is 16.6 Å². The van der Waals surface area contributed by atoms with E-state index < -0.39 is 0 Å². The first-order valence-electron chi connectivity index (χ1n) is 6.39. The van der Waals surface area contributed by atoms with Gasteiger partial charge in [0.05, 0.1) is 11.0 Å².